The van der Waals surface area contributed by atoms with Crippen molar-refractivity contribution in [2.24, 2.45) is 0 Å². The molecule has 7 heteroatoms. The maximum absolute atomic E-state index is 11.8. The number of nitro benzene ring substituents is 1. The number of carbonyl (C=O) groups excluding carboxylic acids is 1. The Morgan fingerprint density at radius 3 is 2.71 bits per heavy atom. The number of carboxylic acids is 1. The van der Waals surface area contributed by atoms with Gasteiger partial charge in [-0.15, -0.1) is 0 Å². The number of benzene rings is 1. The monoisotopic (exact) mass is 294 g/mol. The third-order valence-corrected chi connectivity index (χ3v) is 2.97. The first-order chi connectivity index (χ1) is 9.93. The van der Waals surface area contributed by atoms with E-state index in [0.717, 1.165) is 6.42 Å². The number of hydrogen-bond acceptors (Lipinski definition) is 4. The number of amides is 1. The smallest absolute Gasteiger partial charge is 0.326 e. The molecule has 0 aromatic heterocycles. The Morgan fingerprint density at radius 2 is 2.14 bits per heavy atom. The summed E-state index contributed by atoms with van der Waals surface area (Å²) >= 11 is 0. The lowest BCUT2D eigenvalue weighted by Gasteiger charge is -2.14. The standard InChI is InChI=1S/C14H18N2O5/c1-2-3-7-12(14(18)19)15-13(17)9-10-5-4-6-11(8-10)16(20)21/h4-6,8,12H,2-3,7,9H2,1H3,(H,15,17)(H,18,19)/t12-/m1/s1. The van der Waals surface area contributed by atoms with Crippen molar-refractivity contribution in [3.8, 4) is 0 Å². The van der Waals surface area contributed by atoms with Crippen molar-refractivity contribution in [1.29, 1.82) is 0 Å². The second-order valence-electron chi connectivity index (χ2n) is 4.70. The molecule has 114 valence electrons. The zero-order valence-electron chi connectivity index (χ0n) is 11.7. The van der Waals surface area contributed by atoms with E-state index in [2.05, 4.69) is 5.32 Å². The number of carboxylic acid groups (broad SMARTS) is 1. The molecule has 1 aromatic rings. The largest absolute Gasteiger partial charge is 0.480 e. The third kappa shape index (κ3) is 5.60. The number of hydrogen-bond donors (Lipinski definition) is 2. The van der Waals surface area contributed by atoms with Crippen LogP contribution in [0.4, 0.5) is 5.69 Å². The van der Waals surface area contributed by atoms with E-state index in [9.17, 15) is 19.7 Å². The van der Waals surface area contributed by atoms with Gasteiger partial charge in [0.15, 0.2) is 0 Å². The van der Waals surface area contributed by atoms with Crippen molar-refractivity contribution in [2.45, 2.75) is 38.6 Å². The Labute approximate surface area is 122 Å². The molecule has 0 aliphatic heterocycles. The van der Waals surface area contributed by atoms with Crippen LogP contribution in [0.1, 0.15) is 31.7 Å². The summed E-state index contributed by atoms with van der Waals surface area (Å²) in [5.41, 5.74) is 0.377. The number of unbranched alkanes of at least 4 members (excludes halogenated alkanes) is 1. The van der Waals surface area contributed by atoms with E-state index in [1.54, 1.807) is 6.07 Å². The number of non-ortho nitro benzene ring substituents is 1. The number of nitro groups is 1. The fourth-order valence-corrected chi connectivity index (χ4v) is 1.88. The summed E-state index contributed by atoms with van der Waals surface area (Å²) in [4.78, 5) is 33.0. The molecule has 0 bridgehead atoms. The minimum atomic E-state index is -1.07. The van der Waals surface area contributed by atoms with Gasteiger partial charge in [0.1, 0.15) is 6.04 Å². The van der Waals surface area contributed by atoms with Gasteiger partial charge >= 0.3 is 5.97 Å². The van der Waals surface area contributed by atoms with Gasteiger partial charge in [-0.3, -0.25) is 14.9 Å². The summed E-state index contributed by atoms with van der Waals surface area (Å²) in [6, 6.07) is 4.81. The summed E-state index contributed by atoms with van der Waals surface area (Å²) in [6.45, 7) is 1.93. The Balaban J connectivity index is 2.65. The molecule has 1 rings (SSSR count). The molecular weight excluding hydrogens is 276 g/mol. The molecule has 0 saturated heterocycles. The highest BCUT2D eigenvalue weighted by atomic mass is 16.6. The predicted octanol–water partition coefficient (Wildman–Crippen LogP) is 1.90. The van der Waals surface area contributed by atoms with Crippen molar-refractivity contribution in [1.82, 2.24) is 5.32 Å². The number of rotatable bonds is 8. The minimum Gasteiger partial charge on any atom is -0.480 e. The van der Waals surface area contributed by atoms with Gasteiger partial charge in [-0.1, -0.05) is 31.9 Å². The van der Waals surface area contributed by atoms with Crippen molar-refractivity contribution in [3.63, 3.8) is 0 Å². The van der Waals surface area contributed by atoms with Crippen LogP contribution in [0.15, 0.2) is 24.3 Å². The number of carbonyl (C=O) groups is 2. The van der Waals surface area contributed by atoms with Crippen molar-refractivity contribution < 1.29 is 19.6 Å². The van der Waals surface area contributed by atoms with Crippen LogP contribution in [0.2, 0.25) is 0 Å². The Kier molecular flexibility index (Phi) is 6.32. The first-order valence-electron chi connectivity index (χ1n) is 6.69. The molecule has 2 N–H and O–H groups in total. The summed E-state index contributed by atoms with van der Waals surface area (Å²) in [7, 11) is 0. The highest BCUT2D eigenvalue weighted by Gasteiger charge is 2.19. The molecule has 7 nitrogen and oxygen atoms in total. The van der Waals surface area contributed by atoms with E-state index >= 15 is 0 Å². The molecule has 0 heterocycles. The quantitative estimate of drug-likeness (QED) is 0.562. The number of nitrogens with zero attached hydrogens (tertiary/aromatic N) is 1. The molecule has 0 aliphatic carbocycles. The Morgan fingerprint density at radius 1 is 1.43 bits per heavy atom. The van der Waals surface area contributed by atoms with Crippen molar-refractivity contribution >= 4 is 17.6 Å². The summed E-state index contributed by atoms with van der Waals surface area (Å²) in [5, 5.41) is 22.1. The van der Waals surface area contributed by atoms with Gasteiger partial charge in [0.25, 0.3) is 5.69 Å². The van der Waals surface area contributed by atoms with Crippen LogP contribution in [-0.2, 0) is 16.0 Å². The molecule has 0 aliphatic rings. The fourth-order valence-electron chi connectivity index (χ4n) is 1.88. The first-order valence-corrected chi connectivity index (χ1v) is 6.69. The third-order valence-electron chi connectivity index (χ3n) is 2.97. The lowest BCUT2D eigenvalue weighted by molar-refractivity contribution is -0.384. The maximum Gasteiger partial charge on any atom is 0.326 e. The van der Waals surface area contributed by atoms with Crippen LogP contribution in [-0.4, -0.2) is 27.9 Å². The number of nitrogens with one attached hydrogen (secondary N) is 1. The van der Waals surface area contributed by atoms with Crippen LogP contribution < -0.4 is 5.32 Å². The molecule has 0 unspecified atom stereocenters. The molecule has 0 radical (unpaired) electrons. The molecule has 1 aromatic carbocycles. The highest BCUT2D eigenvalue weighted by molar-refractivity contribution is 5.84. The lowest BCUT2D eigenvalue weighted by Crippen LogP contribution is -2.41. The van der Waals surface area contributed by atoms with E-state index in [0.29, 0.717) is 18.4 Å². The summed E-state index contributed by atoms with van der Waals surface area (Å²) in [5.74, 6) is -1.53. The SMILES string of the molecule is CCCC[C@@H](NC(=O)Cc1cccc([N+](=O)[O-])c1)C(=O)O. The van der Waals surface area contributed by atoms with Crippen molar-refractivity contribution in [2.75, 3.05) is 0 Å². The van der Waals surface area contributed by atoms with Crippen LogP contribution in [0.25, 0.3) is 0 Å². The van der Waals surface area contributed by atoms with Crippen LogP contribution in [0, 0.1) is 10.1 Å². The number of aliphatic carboxylic acids is 1. The Bertz CT molecular complexity index is 530. The molecule has 1 atom stereocenters. The van der Waals surface area contributed by atoms with Crippen LogP contribution >= 0.6 is 0 Å². The summed E-state index contributed by atoms with van der Waals surface area (Å²) in [6.07, 6.45) is 1.82. The Hall–Kier alpha value is -2.44. The maximum atomic E-state index is 11.8. The normalized spacial score (nSPS) is 11.7. The molecule has 0 saturated carbocycles. The van der Waals surface area contributed by atoms with Gasteiger partial charge in [-0.05, 0) is 12.0 Å². The van der Waals surface area contributed by atoms with Gasteiger partial charge in [-0.2, -0.15) is 0 Å². The molecule has 0 spiro atoms. The minimum absolute atomic E-state index is 0.0857. The average Bonchev–Trinajstić information content (AvgIpc) is 2.43. The van der Waals surface area contributed by atoms with Crippen LogP contribution in [0.5, 0.6) is 0 Å². The first kappa shape index (κ1) is 16.6. The topological polar surface area (TPSA) is 110 Å². The zero-order valence-corrected chi connectivity index (χ0v) is 11.7. The molecule has 0 fully saturated rings. The lowest BCUT2D eigenvalue weighted by atomic mass is 10.1. The van der Waals surface area contributed by atoms with E-state index in [1.165, 1.54) is 18.2 Å². The molecule has 21 heavy (non-hydrogen) atoms. The van der Waals surface area contributed by atoms with Gasteiger partial charge < -0.3 is 10.4 Å². The van der Waals surface area contributed by atoms with Gasteiger partial charge in [0, 0.05) is 12.1 Å². The average molecular weight is 294 g/mol. The predicted molar refractivity (Wildman–Crippen MR) is 75.9 cm³/mol. The van der Waals surface area contributed by atoms with E-state index in [1.807, 2.05) is 6.92 Å². The zero-order chi connectivity index (χ0) is 15.8. The van der Waals surface area contributed by atoms with Crippen LogP contribution in [0.3, 0.4) is 0 Å². The van der Waals surface area contributed by atoms with E-state index in [-0.39, 0.29) is 12.1 Å². The van der Waals surface area contributed by atoms with Gasteiger partial charge in [0.05, 0.1) is 11.3 Å². The van der Waals surface area contributed by atoms with Crippen molar-refractivity contribution in [3.05, 3.63) is 39.9 Å². The molecular formula is C14H18N2O5. The molecule has 1 amide bonds. The fraction of sp³-hybridized carbons (Fsp3) is 0.429. The second kappa shape index (κ2) is 7.98. The summed E-state index contributed by atoms with van der Waals surface area (Å²) < 4.78 is 0. The van der Waals surface area contributed by atoms with Gasteiger partial charge in [-0.25, -0.2) is 4.79 Å². The highest BCUT2D eigenvalue weighted by Crippen LogP contribution is 2.13. The van der Waals surface area contributed by atoms with E-state index in [4.69, 9.17) is 5.11 Å². The second-order valence-corrected chi connectivity index (χ2v) is 4.70. The van der Waals surface area contributed by atoms with Gasteiger partial charge in [0.2, 0.25) is 5.91 Å². The van der Waals surface area contributed by atoms with E-state index < -0.39 is 22.8 Å².